The molecule has 148 valence electrons. The number of furan rings is 1. The van der Waals surface area contributed by atoms with Crippen LogP contribution in [0.5, 0.6) is 0 Å². The van der Waals surface area contributed by atoms with E-state index in [0.717, 1.165) is 11.3 Å². The summed E-state index contributed by atoms with van der Waals surface area (Å²) in [5, 5.41) is 9.98. The van der Waals surface area contributed by atoms with Gasteiger partial charge in [0.1, 0.15) is 11.5 Å². The Morgan fingerprint density at radius 2 is 2.03 bits per heavy atom. The van der Waals surface area contributed by atoms with Crippen LogP contribution in [0.1, 0.15) is 30.0 Å². The maximum Gasteiger partial charge on any atom is 0.350 e. The molecule has 0 saturated carbocycles. The van der Waals surface area contributed by atoms with E-state index in [2.05, 4.69) is 15.7 Å². The van der Waals surface area contributed by atoms with E-state index in [1.807, 2.05) is 50.2 Å². The van der Waals surface area contributed by atoms with E-state index in [4.69, 9.17) is 4.42 Å². The van der Waals surface area contributed by atoms with Gasteiger partial charge in [-0.05, 0) is 55.8 Å². The standard InChI is InChI=1S/C21H21N5O3/c1-14-9-10-18(29-14)15(2)22-20(27)23-17-7-5-6-16(12-17)13-26-21(28)25-11-4-3-8-19(25)24-26/h3-12,15H,13H2,1-2H3,(H2,22,23,27). The van der Waals surface area contributed by atoms with Gasteiger partial charge in [-0.15, -0.1) is 5.10 Å². The first kappa shape index (κ1) is 18.5. The van der Waals surface area contributed by atoms with Crippen molar-refractivity contribution in [2.45, 2.75) is 26.4 Å². The number of hydrogen-bond acceptors (Lipinski definition) is 4. The molecule has 4 aromatic rings. The van der Waals surface area contributed by atoms with Crippen molar-refractivity contribution in [1.29, 1.82) is 0 Å². The second-order valence-electron chi connectivity index (χ2n) is 6.84. The molecule has 0 aliphatic heterocycles. The molecule has 0 saturated heterocycles. The van der Waals surface area contributed by atoms with Crippen molar-refractivity contribution in [3.05, 3.63) is 88.4 Å². The SMILES string of the molecule is Cc1ccc(C(C)NC(=O)Nc2cccc(Cn3nc4ccccn4c3=O)c2)o1. The number of benzene rings is 1. The highest BCUT2D eigenvalue weighted by Gasteiger charge is 2.13. The van der Waals surface area contributed by atoms with Gasteiger partial charge in [0, 0.05) is 11.9 Å². The summed E-state index contributed by atoms with van der Waals surface area (Å²) in [6.07, 6.45) is 1.69. The van der Waals surface area contributed by atoms with Gasteiger partial charge in [0.05, 0.1) is 12.6 Å². The first-order valence-electron chi connectivity index (χ1n) is 9.26. The molecule has 3 aromatic heterocycles. The minimum absolute atomic E-state index is 0.209. The van der Waals surface area contributed by atoms with Crippen LogP contribution in [-0.2, 0) is 6.54 Å². The van der Waals surface area contributed by atoms with Gasteiger partial charge in [-0.1, -0.05) is 18.2 Å². The zero-order valence-electron chi connectivity index (χ0n) is 16.1. The van der Waals surface area contributed by atoms with E-state index in [-0.39, 0.29) is 17.8 Å². The molecule has 8 heteroatoms. The Morgan fingerprint density at radius 1 is 1.17 bits per heavy atom. The number of carbonyl (C=O) groups is 1. The number of pyridine rings is 1. The number of carbonyl (C=O) groups excluding carboxylic acids is 1. The topological polar surface area (TPSA) is 93.6 Å². The second kappa shape index (κ2) is 7.67. The number of aryl methyl sites for hydroxylation is 1. The molecular weight excluding hydrogens is 370 g/mol. The molecule has 2 N–H and O–H groups in total. The van der Waals surface area contributed by atoms with E-state index in [0.29, 0.717) is 23.6 Å². The number of nitrogens with zero attached hydrogens (tertiary/aromatic N) is 3. The van der Waals surface area contributed by atoms with Crippen LogP contribution in [0, 0.1) is 6.92 Å². The Kier molecular flexibility index (Phi) is 4.90. The van der Waals surface area contributed by atoms with E-state index in [1.165, 1.54) is 9.08 Å². The van der Waals surface area contributed by atoms with Gasteiger partial charge in [-0.2, -0.15) is 0 Å². The van der Waals surface area contributed by atoms with E-state index in [1.54, 1.807) is 24.4 Å². The number of rotatable bonds is 5. The molecular formula is C21H21N5O3. The van der Waals surface area contributed by atoms with Gasteiger partial charge in [0.15, 0.2) is 5.65 Å². The lowest BCUT2D eigenvalue weighted by molar-refractivity contribution is 0.247. The van der Waals surface area contributed by atoms with Gasteiger partial charge in [-0.25, -0.2) is 14.3 Å². The molecule has 0 bridgehead atoms. The molecule has 0 aliphatic rings. The number of hydrogen-bond donors (Lipinski definition) is 2. The molecule has 1 unspecified atom stereocenters. The zero-order chi connectivity index (χ0) is 20.4. The van der Waals surface area contributed by atoms with Crippen molar-refractivity contribution in [3.63, 3.8) is 0 Å². The van der Waals surface area contributed by atoms with Crippen LogP contribution in [0.15, 0.2) is 70.0 Å². The van der Waals surface area contributed by atoms with Crippen LogP contribution in [-0.4, -0.2) is 20.2 Å². The van der Waals surface area contributed by atoms with Crippen LogP contribution in [0.25, 0.3) is 5.65 Å². The minimum atomic E-state index is -0.339. The zero-order valence-corrected chi connectivity index (χ0v) is 16.1. The summed E-state index contributed by atoms with van der Waals surface area (Å²) in [5.41, 5.74) is 1.86. The first-order chi connectivity index (χ1) is 14.0. The quantitative estimate of drug-likeness (QED) is 0.546. The molecule has 29 heavy (non-hydrogen) atoms. The van der Waals surface area contributed by atoms with Crippen LogP contribution in [0.2, 0.25) is 0 Å². The third-order valence-electron chi connectivity index (χ3n) is 4.54. The van der Waals surface area contributed by atoms with Gasteiger partial charge >= 0.3 is 11.7 Å². The van der Waals surface area contributed by atoms with Gasteiger partial charge < -0.3 is 15.1 Å². The van der Waals surface area contributed by atoms with Crippen LogP contribution in [0.3, 0.4) is 0 Å². The molecule has 1 aromatic carbocycles. The highest BCUT2D eigenvalue weighted by atomic mass is 16.3. The van der Waals surface area contributed by atoms with Crippen LogP contribution in [0.4, 0.5) is 10.5 Å². The maximum absolute atomic E-state index is 12.4. The predicted molar refractivity (Wildman–Crippen MR) is 109 cm³/mol. The molecule has 0 fully saturated rings. The van der Waals surface area contributed by atoms with Crippen molar-refractivity contribution in [2.24, 2.45) is 0 Å². The Morgan fingerprint density at radius 3 is 2.79 bits per heavy atom. The predicted octanol–water partition coefficient (Wildman–Crippen LogP) is 3.33. The Balaban J connectivity index is 1.45. The molecule has 0 spiro atoms. The third-order valence-corrected chi connectivity index (χ3v) is 4.54. The lowest BCUT2D eigenvalue weighted by atomic mass is 10.2. The van der Waals surface area contributed by atoms with Crippen molar-refractivity contribution in [3.8, 4) is 0 Å². The fourth-order valence-corrected chi connectivity index (χ4v) is 3.11. The number of nitrogens with one attached hydrogen (secondary N) is 2. The molecule has 2 amide bonds. The van der Waals surface area contributed by atoms with E-state index in [9.17, 15) is 9.59 Å². The van der Waals surface area contributed by atoms with Gasteiger partial charge in [0.25, 0.3) is 0 Å². The Hall–Kier alpha value is -3.81. The lowest BCUT2D eigenvalue weighted by Gasteiger charge is -2.13. The highest BCUT2D eigenvalue weighted by Crippen LogP contribution is 2.16. The molecule has 3 heterocycles. The summed E-state index contributed by atoms with van der Waals surface area (Å²) >= 11 is 0. The average molecular weight is 391 g/mol. The largest absolute Gasteiger partial charge is 0.464 e. The lowest BCUT2D eigenvalue weighted by Crippen LogP contribution is -2.31. The van der Waals surface area contributed by atoms with Crippen molar-refractivity contribution in [2.75, 3.05) is 5.32 Å². The maximum atomic E-state index is 12.4. The van der Waals surface area contributed by atoms with Crippen molar-refractivity contribution >= 4 is 17.4 Å². The van der Waals surface area contributed by atoms with Crippen LogP contribution >= 0.6 is 0 Å². The smallest absolute Gasteiger partial charge is 0.350 e. The molecule has 0 radical (unpaired) electrons. The normalized spacial score (nSPS) is 12.1. The van der Waals surface area contributed by atoms with Crippen LogP contribution < -0.4 is 16.3 Å². The Bertz CT molecular complexity index is 1220. The minimum Gasteiger partial charge on any atom is -0.464 e. The number of urea groups is 1. The summed E-state index contributed by atoms with van der Waals surface area (Å²) in [6, 6.07) is 15.8. The number of amides is 2. The van der Waals surface area contributed by atoms with Gasteiger partial charge in [0.2, 0.25) is 0 Å². The summed E-state index contributed by atoms with van der Waals surface area (Å²) in [4.78, 5) is 24.7. The summed E-state index contributed by atoms with van der Waals surface area (Å²) < 4.78 is 8.43. The number of anilines is 1. The molecule has 0 aliphatic carbocycles. The van der Waals surface area contributed by atoms with Gasteiger partial charge in [-0.3, -0.25) is 4.40 Å². The third kappa shape index (κ3) is 4.06. The number of fused-ring (bicyclic) bond motifs is 1. The van der Waals surface area contributed by atoms with Crippen molar-refractivity contribution < 1.29 is 9.21 Å². The first-order valence-corrected chi connectivity index (χ1v) is 9.26. The second-order valence-corrected chi connectivity index (χ2v) is 6.84. The highest BCUT2D eigenvalue weighted by molar-refractivity contribution is 5.89. The fraction of sp³-hybridized carbons (Fsp3) is 0.190. The average Bonchev–Trinajstić information content (AvgIpc) is 3.26. The summed E-state index contributed by atoms with van der Waals surface area (Å²) in [7, 11) is 0. The number of aromatic nitrogens is 3. The van der Waals surface area contributed by atoms with Crippen molar-refractivity contribution in [1.82, 2.24) is 19.5 Å². The Labute approximate surface area is 166 Å². The molecule has 8 nitrogen and oxygen atoms in total. The monoisotopic (exact) mass is 391 g/mol. The van der Waals surface area contributed by atoms with E-state index < -0.39 is 0 Å². The molecule has 1 atom stereocenters. The summed E-state index contributed by atoms with van der Waals surface area (Å²) in [6.45, 7) is 4.01. The molecule has 4 rings (SSSR count). The fourth-order valence-electron chi connectivity index (χ4n) is 3.11. The summed E-state index contributed by atoms with van der Waals surface area (Å²) in [5.74, 6) is 1.49. The van der Waals surface area contributed by atoms with E-state index >= 15 is 0 Å².